The van der Waals surface area contributed by atoms with E-state index in [2.05, 4.69) is 5.32 Å². The maximum absolute atomic E-state index is 12.0. The van der Waals surface area contributed by atoms with Gasteiger partial charge in [-0.15, -0.1) is 0 Å². The molecule has 5 heteroatoms. The maximum Gasteiger partial charge on any atom is 0.253 e. The van der Waals surface area contributed by atoms with E-state index in [0.717, 1.165) is 0 Å². The van der Waals surface area contributed by atoms with E-state index in [9.17, 15) is 4.79 Å². The van der Waals surface area contributed by atoms with Crippen LogP contribution in [0.4, 0.5) is 5.69 Å². The minimum Gasteiger partial charge on any atom is -0.497 e. The summed E-state index contributed by atoms with van der Waals surface area (Å²) in [5, 5.41) is 2.79. The standard InChI is InChI=1S/C15H23NO4/c1-10(2)9-20-11(3)15(17)16-13-7-6-12(18-4)8-14(13)19-5/h6-8,10-11H,9H2,1-5H3,(H,16,17)/t11-/m1/s1. The number of hydrogen-bond donors (Lipinski definition) is 1. The number of ether oxygens (including phenoxy) is 3. The minimum atomic E-state index is -0.510. The summed E-state index contributed by atoms with van der Waals surface area (Å²) in [5.74, 6) is 1.41. The number of amides is 1. The van der Waals surface area contributed by atoms with Crippen LogP contribution in [0.2, 0.25) is 0 Å². The lowest BCUT2D eigenvalue weighted by Gasteiger charge is -2.16. The number of anilines is 1. The van der Waals surface area contributed by atoms with Gasteiger partial charge in [0.25, 0.3) is 5.91 Å². The van der Waals surface area contributed by atoms with Gasteiger partial charge < -0.3 is 19.5 Å². The fourth-order valence-electron chi connectivity index (χ4n) is 1.55. The molecule has 0 aliphatic carbocycles. The smallest absolute Gasteiger partial charge is 0.253 e. The van der Waals surface area contributed by atoms with Crippen LogP contribution in [0, 0.1) is 5.92 Å². The fraction of sp³-hybridized carbons (Fsp3) is 0.533. The van der Waals surface area contributed by atoms with Crippen LogP contribution in [0.3, 0.4) is 0 Å². The summed E-state index contributed by atoms with van der Waals surface area (Å²) < 4.78 is 15.8. The monoisotopic (exact) mass is 281 g/mol. The van der Waals surface area contributed by atoms with Crippen molar-refractivity contribution in [1.82, 2.24) is 0 Å². The molecule has 0 unspecified atom stereocenters. The van der Waals surface area contributed by atoms with Gasteiger partial charge in [0.1, 0.15) is 17.6 Å². The minimum absolute atomic E-state index is 0.200. The third kappa shape index (κ3) is 4.74. The highest BCUT2D eigenvalue weighted by atomic mass is 16.5. The summed E-state index contributed by atoms with van der Waals surface area (Å²) in [5.41, 5.74) is 0.596. The van der Waals surface area contributed by atoms with Crippen LogP contribution < -0.4 is 14.8 Å². The van der Waals surface area contributed by atoms with Gasteiger partial charge in [-0.25, -0.2) is 0 Å². The molecule has 0 spiro atoms. The van der Waals surface area contributed by atoms with E-state index in [1.165, 1.54) is 0 Å². The predicted octanol–water partition coefficient (Wildman–Crippen LogP) is 2.70. The van der Waals surface area contributed by atoms with Crippen molar-refractivity contribution in [2.24, 2.45) is 5.92 Å². The van der Waals surface area contributed by atoms with Crippen LogP contribution in [0.15, 0.2) is 18.2 Å². The number of hydrogen-bond acceptors (Lipinski definition) is 4. The van der Waals surface area contributed by atoms with Crippen LogP contribution in [0.5, 0.6) is 11.5 Å². The van der Waals surface area contributed by atoms with E-state index >= 15 is 0 Å². The Labute approximate surface area is 120 Å². The fourth-order valence-corrected chi connectivity index (χ4v) is 1.55. The molecule has 1 atom stereocenters. The highest BCUT2D eigenvalue weighted by Crippen LogP contribution is 2.29. The molecule has 0 fully saturated rings. The van der Waals surface area contributed by atoms with Crippen molar-refractivity contribution in [2.75, 3.05) is 26.1 Å². The molecule has 0 aliphatic heterocycles. The van der Waals surface area contributed by atoms with Crippen LogP contribution in [0.1, 0.15) is 20.8 Å². The second-order valence-electron chi connectivity index (χ2n) is 4.92. The van der Waals surface area contributed by atoms with Crippen molar-refractivity contribution in [3.05, 3.63) is 18.2 Å². The first-order valence-electron chi connectivity index (χ1n) is 6.62. The van der Waals surface area contributed by atoms with E-state index in [1.54, 1.807) is 39.3 Å². The van der Waals surface area contributed by atoms with Crippen molar-refractivity contribution in [2.45, 2.75) is 26.9 Å². The largest absolute Gasteiger partial charge is 0.497 e. The first-order chi connectivity index (χ1) is 9.47. The lowest BCUT2D eigenvalue weighted by Crippen LogP contribution is -2.29. The van der Waals surface area contributed by atoms with E-state index in [-0.39, 0.29) is 5.91 Å². The Kier molecular flexibility index (Phi) is 6.31. The Morgan fingerprint density at radius 3 is 2.45 bits per heavy atom. The third-order valence-corrected chi connectivity index (χ3v) is 2.72. The number of carbonyl (C=O) groups is 1. The number of carbonyl (C=O) groups excluding carboxylic acids is 1. The number of rotatable bonds is 7. The van der Waals surface area contributed by atoms with Gasteiger partial charge >= 0.3 is 0 Å². The van der Waals surface area contributed by atoms with Crippen LogP contribution >= 0.6 is 0 Å². The van der Waals surface area contributed by atoms with Crippen molar-refractivity contribution in [1.29, 1.82) is 0 Å². The molecule has 0 aromatic heterocycles. The molecule has 0 aliphatic rings. The van der Waals surface area contributed by atoms with E-state index in [1.807, 2.05) is 13.8 Å². The first kappa shape index (κ1) is 16.3. The molecule has 1 rings (SSSR count). The highest BCUT2D eigenvalue weighted by molar-refractivity contribution is 5.95. The molecule has 0 radical (unpaired) electrons. The molecular weight excluding hydrogens is 258 g/mol. The number of methoxy groups -OCH3 is 2. The van der Waals surface area contributed by atoms with Crippen molar-refractivity contribution in [3.63, 3.8) is 0 Å². The average Bonchev–Trinajstić information content (AvgIpc) is 2.44. The van der Waals surface area contributed by atoms with Gasteiger partial charge in [0.05, 0.1) is 19.9 Å². The van der Waals surface area contributed by atoms with Crippen molar-refractivity contribution < 1.29 is 19.0 Å². The van der Waals surface area contributed by atoms with Crippen molar-refractivity contribution >= 4 is 11.6 Å². The van der Waals surface area contributed by atoms with Gasteiger partial charge in [-0.1, -0.05) is 13.8 Å². The Morgan fingerprint density at radius 1 is 1.20 bits per heavy atom. The number of benzene rings is 1. The summed E-state index contributed by atoms with van der Waals surface area (Å²) in [4.78, 5) is 12.0. The lowest BCUT2D eigenvalue weighted by molar-refractivity contribution is -0.126. The second kappa shape index (κ2) is 7.75. The highest BCUT2D eigenvalue weighted by Gasteiger charge is 2.16. The first-order valence-corrected chi connectivity index (χ1v) is 6.62. The quantitative estimate of drug-likeness (QED) is 0.835. The topological polar surface area (TPSA) is 56.8 Å². The van der Waals surface area contributed by atoms with Gasteiger partial charge in [-0.3, -0.25) is 4.79 Å². The predicted molar refractivity (Wildman–Crippen MR) is 78.4 cm³/mol. The summed E-state index contributed by atoms with van der Waals surface area (Å²) in [6.45, 7) is 6.36. The molecule has 5 nitrogen and oxygen atoms in total. The molecule has 0 bridgehead atoms. The Bertz CT molecular complexity index is 445. The zero-order chi connectivity index (χ0) is 15.1. The summed E-state index contributed by atoms with van der Waals surface area (Å²) in [6.07, 6.45) is -0.510. The van der Waals surface area contributed by atoms with Gasteiger partial charge in [0.2, 0.25) is 0 Å². The zero-order valence-electron chi connectivity index (χ0n) is 12.7. The molecule has 1 aromatic rings. The molecule has 1 N–H and O–H groups in total. The molecule has 112 valence electrons. The molecule has 0 saturated heterocycles. The van der Waals surface area contributed by atoms with Crippen LogP contribution in [0.25, 0.3) is 0 Å². The van der Waals surface area contributed by atoms with Gasteiger partial charge in [-0.05, 0) is 25.0 Å². The van der Waals surface area contributed by atoms with E-state index < -0.39 is 6.10 Å². The molecule has 1 aromatic carbocycles. The molecular formula is C15H23NO4. The van der Waals surface area contributed by atoms with Crippen molar-refractivity contribution in [3.8, 4) is 11.5 Å². The molecule has 0 heterocycles. The molecule has 1 amide bonds. The van der Waals surface area contributed by atoms with Crippen LogP contribution in [-0.4, -0.2) is 32.8 Å². The molecule has 20 heavy (non-hydrogen) atoms. The average molecular weight is 281 g/mol. The van der Waals surface area contributed by atoms with Gasteiger partial charge in [0, 0.05) is 12.7 Å². The van der Waals surface area contributed by atoms with Gasteiger partial charge in [-0.2, -0.15) is 0 Å². The summed E-state index contributed by atoms with van der Waals surface area (Å²) >= 11 is 0. The zero-order valence-corrected chi connectivity index (χ0v) is 12.7. The summed E-state index contributed by atoms with van der Waals surface area (Å²) in [6, 6.07) is 5.22. The van der Waals surface area contributed by atoms with Crippen LogP contribution in [-0.2, 0) is 9.53 Å². The number of nitrogens with one attached hydrogen (secondary N) is 1. The third-order valence-electron chi connectivity index (χ3n) is 2.72. The maximum atomic E-state index is 12.0. The van der Waals surface area contributed by atoms with E-state index in [4.69, 9.17) is 14.2 Å². The second-order valence-corrected chi connectivity index (χ2v) is 4.92. The van der Waals surface area contributed by atoms with E-state index in [0.29, 0.717) is 29.7 Å². The Balaban J connectivity index is 2.69. The summed E-state index contributed by atoms with van der Waals surface area (Å²) in [7, 11) is 3.12. The Morgan fingerprint density at radius 2 is 1.90 bits per heavy atom. The SMILES string of the molecule is COc1ccc(NC(=O)[C@@H](C)OCC(C)C)c(OC)c1. The lowest BCUT2D eigenvalue weighted by atomic mass is 10.2. The Hall–Kier alpha value is -1.75. The van der Waals surface area contributed by atoms with Gasteiger partial charge in [0.15, 0.2) is 0 Å². The normalized spacial score (nSPS) is 12.1. The molecule has 0 saturated carbocycles.